The first kappa shape index (κ1) is 66.8. The monoisotopic (exact) mass is 1140 g/mol. The van der Waals surface area contributed by atoms with Crippen LogP contribution in [0.15, 0.2) is 60.8 Å². The fraction of sp³-hybridized carbons (Fsp3) is 0.519. The van der Waals surface area contributed by atoms with Crippen LogP contribution in [0.5, 0.6) is 0 Å². The van der Waals surface area contributed by atoms with Gasteiger partial charge in [0.05, 0.1) is 18.6 Å². The van der Waals surface area contributed by atoms with E-state index in [9.17, 15) is 78.0 Å². The molecule has 3 aromatic rings. The van der Waals surface area contributed by atoms with Gasteiger partial charge in [0.15, 0.2) is 0 Å². The van der Waals surface area contributed by atoms with Gasteiger partial charge < -0.3 is 79.4 Å². The fourth-order valence-electron chi connectivity index (χ4n) is 8.43. The number of aliphatic hydroxyl groups excluding tert-OH is 1. The Labute approximate surface area is 467 Å². The molecule has 444 valence electrons. The lowest BCUT2D eigenvalue weighted by atomic mass is 9.98. The molecule has 0 aliphatic carbocycles. The van der Waals surface area contributed by atoms with Crippen molar-refractivity contribution in [3.63, 3.8) is 0 Å². The van der Waals surface area contributed by atoms with E-state index in [1.165, 1.54) is 13.8 Å². The van der Waals surface area contributed by atoms with Gasteiger partial charge in [-0.2, -0.15) is 0 Å². The summed E-state index contributed by atoms with van der Waals surface area (Å²) in [6.45, 7) is 10.9. The number of fused-ring (bicyclic) bond motifs is 1. The summed E-state index contributed by atoms with van der Waals surface area (Å²) >= 11 is 0. The number of aliphatic hydroxyl groups is 1. The minimum atomic E-state index is -2.05. The zero-order chi connectivity index (χ0) is 60.8. The summed E-state index contributed by atoms with van der Waals surface area (Å²) in [5.41, 5.74) is 13.4. The molecule has 0 bridgehead atoms. The number of nitrogens with one attached hydrogen (secondary N) is 9. The van der Waals surface area contributed by atoms with Crippen LogP contribution in [-0.2, 0) is 70.4 Å². The SMILES string of the molecule is CC(C)CC(NC(=O)C(N)Cc1ccccc1)C(=O)NC(C(=O)NC(Cc1c[nH]c2ccccc12)C(=O)NC(CC(=O)O)C(=O)NC(CCC(=O)O)C(=O)NC(C(=O)NC(CCC(N)=O)C(=O)NC(C(=O)O)C(C)C)C(C)O)C(C)C. The summed E-state index contributed by atoms with van der Waals surface area (Å²) in [4.78, 5) is 162. The van der Waals surface area contributed by atoms with E-state index in [0.717, 1.165) is 12.5 Å². The molecule has 10 atom stereocenters. The van der Waals surface area contributed by atoms with E-state index in [0.29, 0.717) is 16.5 Å². The number of benzene rings is 2. The smallest absolute Gasteiger partial charge is 0.326 e. The van der Waals surface area contributed by atoms with Crippen molar-refractivity contribution >= 4 is 82.0 Å². The quantitative estimate of drug-likeness (QED) is 0.0327. The van der Waals surface area contributed by atoms with Crippen molar-refractivity contribution in [2.45, 2.75) is 160 Å². The molecule has 81 heavy (non-hydrogen) atoms. The van der Waals surface area contributed by atoms with Crippen molar-refractivity contribution < 1.29 is 78.0 Å². The van der Waals surface area contributed by atoms with Gasteiger partial charge in [0, 0.05) is 36.4 Å². The van der Waals surface area contributed by atoms with Gasteiger partial charge in [0.2, 0.25) is 53.2 Å². The van der Waals surface area contributed by atoms with Crippen LogP contribution < -0.4 is 54.0 Å². The van der Waals surface area contributed by atoms with Gasteiger partial charge in [-0.3, -0.25) is 52.7 Å². The zero-order valence-corrected chi connectivity index (χ0v) is 46.3. The van der Waals surface area contributed by atoms with E-state index in [2.05, 4.69) is 47.5 Å². The molecule has 27 heteroatoms. The maximum atomic E-state index is 14.5. The number of amides is 9. The summed E-state index contributed by atoms with van der Waals surface area (Å²) in [6.07, 6.45) is -3.81. The maximum Gasteiger partial charge on any atom is 0.326 e. The molecule has 0 saturated carbocycles. The average Bonchev–Trinajstić information content (AvgIpc) is 3.80. The van der Waals surface area contributed by atoms with Gasteiger partial charge in [0.1, 0.15) is 48.3 Å². The number of aliphatic carboxylic acids is 3. The van der Waals surface area contributed by atoms with Gasteiger partial charge >= 0.3 is 17.9 Å². The van der Waals surface area contributed by atoms with Gasteiger partial charge in [-0.05, 0) is 67.6 Å². The first-order valence-electron chi connectivity index (χ1n) is 26.4. The molecule has 0 aliphatic heterocycles. The highest BCUT2D eigenvalue weighted by atomic mass is 16.4. The van der Waals surface area contributed by atoms with Crippen LogP contribution in [0.1, 0.15) is 98.1 Å². The molecule has 0 radical (unpaired) electrons. The molecule has 0 spiro atoms. The Morgan fingerprint density at radius 2 is 0.975 bits per heavy atom. The minimum Gasteiger partial charge on any atom is -0.481 e. The molecule has 0 saturated heterocycles. The molecule has 17 N–H and O–H groups in total. The van der Waals surface area contributed by atoms with Crippen molar-refractivity contribution in [2.75, 3.05) is 0 Å². The number of carbonyl (C=O) groups excluding carboxylic acids is 9. The number of rotatable bonds is 34. The number of H-pyrrole nitrogens is 1. The van der Waals surface area contributed by atoms with Crippen molar-refractivity contribution in [1.29, 1.82) is 0 Å². The predicted octanol–water partition coefficient (Wildman–Crippen LogP) is -1.41. The summed E-state index contributed by atoms with van der Waals surface area (Å²) in [5.74, 6) is -15.2. The minimum absolute atomic E-state index is 0.125. The molecule has 27 nitrogen and oxygen atoms in total. The number of para-hydroxylation sites is 1. The predicted molar refractivity (Wildman–Crippen MR) is 292 cm³/mol. The van der Waals surface area contributed by atoms with Crippen LogP contribution in [0, 0.1) is 17.8 Å². The van der Waals surface area contributed by atoms with E-state index in [1.54, 1.807) is 68.6 Å². The van der Waals surface area contributed by atoms with Crippen molar-refractivity contribution in [1.82, 2.24) is 47.5 Å². The third kappa shape index (κ3) is 22.0. The van der Waals surface area contributed by atoms with Crippen molar-refractivity contribution in [3.05, 3.63) is 71.9 Å². The second kappa shape index (κ2) is 32.0. The topological polar surface area (TPSA) is 450 Å². The van der Waals surface area contributed by atoms with Crippen molar-refractivity contribution in [2.24, 2.45) is 29.2 Å². The fourth-order valence-corrected chi connectivity index (χ4v) is 8.43. The largest absolute Gasteiger partial charge is 0.481 e. The molecular formula is C54H77N11O16. The molecule has 0 aliphatic rings. The van der Waals surface area contributed by atoms with E-state index in [1.807, 2.05) is 19.9 Å². The third-order valence-electron chi connectivity index (χ3n) is 12.9. The number of carboxylic acids is 3. The standard InChI is InChI=1S/C54H77N11O16/c1-26(2)21-37(60-46(72)33(55)22-30-13-9-8-10-14-30)51(77)63-43(27(3)4)52(78)62-38(23-31-25-57-34-16-12-11-15-32(31)34)49(75)61-39(24-42(70)71)50(76)58-36(18-20-41(68)69)48(74)65-45(29(7)66)53(79)59-35(17-19-40(56)67)47(73)64-44(28(5)6)54(80)81/h8-16,25-29,33,35-39,43-45,57,66H,17-24,55H2,1-7H3,(H2,56,67)(H,58,76)(H,59,79)(H,60,72)(H,61,75)(H,62,78)(H,63,77)(H,64,73)(H,65,74)(H,68,69)(H,70,71)(H,80,81). The Morgan fingerprint density at radius 3 is 1.52 bits per heavy atom. The molecule has 1 aromatic heterocycles. The highest BCUT2D eigenvalue weighted by molar-refractivity contribution is 5.99. The van der Waals surface area contributed by atoms with Crippen molar-refractivity contribution in [3.8, 4) is 0 Å². The first-order chi connectivity index (χ1) is 38.0. The highest BCUT2D eigenvalue weighted by Crippen LogP contribution is 2.20. The van der Waals surface area contributed by atoms with Crippen LogP contribution in [0.25, 0.3) is 10.9 Å². The second-order valence-electron chi connectivity index (χ2n) is 20.9. The zero-order valence-electron chi connectivity index (χ0n) is 46.3. The molecule has 2 aromatic carbocycles. The van der Waals surface area contributed by atoms with Gasteiger partial charge in [-0.25, -0.2) is 4.79 Å². The molecule has 9 amide bonds. The summed E-state index contributed by atoms with van der Waals surface area (Å²) in [6, 6.07) is 1.72. The second-order valence-corrected chi connectivity index (χ2v) is 20.9. The van der Waals surface area contributed by atoms with Gasteiger partial charge in [-0.1, -0.05) is 90.1 Å². The Morgan fingerprint density at radius 1 is 0.506 bits per heavy atom. The molecule has 1 heterocycles. The van der Waals surface area contributed by atoms with Crippen LogP contribution in [0.3, 0.4) is 0 Å². The number of primary amides is 1. The number of hydrogen-bond acceptors (Lipinski definition) is 14. The van der Waals surface area contributed by atoms with Gasteiger partial charge in [0.25, 0.3) is 0 Å². The number of nitrogens with two attached hydrogens (primary N) is 2. The van der Waals surface area contributed by atoms with E-state index in [4.69, 9.17) is 11.5 Å². The number of aromatic amines is 1. The number of hydrogen-bond donors (Lipinski definition) is 15. The molecular weight excluding hydrogens is 1060 g/mol. The Balaban J connectivity index is 1.95. The van der Waals surface area contributed by atoms with Crippen LogP contribution >= 0.6 is 0 Å². The summed E-state index contributed by atoms with van der Waals surface area (Å²) in [5, 5.41) is 59.7. The summed E-state index contributed by atoms with van der Waals surface area (Å²) in [7, 11) is 0. The van der Waals surface area contributed by atoms with E-state index < -0.39 is 175 Å². The molecule has 10 unspecified atom stereocenters. The first-order valence-corrected chi connectivity index (χ1v) is 26.4. The summed E-state index contributed by atoms with van der Waals surface area (Å²) < 4.78 is 0. The third-order valence-corrected chi connectivity index (χ3v) is 12.9. The molecule has 3 rings (SSSR count). The number of carboxylic acid groups (broad SMARTS) is 3. The van der Waals surface area contributed by atoms with E-state index in [-0.39, 0.29) is 25.2 Å². The lowest BCUT2D eigenvalue weighted by Gasteiger charge is -2.29. The average molecular weight is 1140 g/mol. The highest BCUT2D eigenvalue weighted by Gasteiger charge is 2.38. The Bertz CT molecular complexity index is 2710. The lowest BCUT2D eigenvalue weighted by molar-refractivity contribution is -0.144. The lowest BCUT2D eigenvalue weighted by Crippen LogP contribution is -2.62. The number of aromatic nitrogens is 1. The van der Waals surface area contributed by atoms with E-state index >= 15 is 0 Å². The Kier molecular flexibility index (Phi) is 26.4. The number of carbonyl (C=O) groups is 12. The van der Waals surface area contributed by atoms with Crippen LogP contribution in [0.2, 0.25) is 0 Å². The van der Waals surface area contributed by atoms with Gasteiger partial charge in [-0.15, -0.1) is 0 Å². The normalized spacial score (nSPS) is 15.0. The Hall–Kier alpha value is -8.46. The van der Waals surface area contributed by atoms with Crippen LogP contribution in [0.4, 0.5) is 0 Å². The maximum absolute atomic E-state index is 14.5. The molecule has 0 fully saturated rings. The van der Waals surface area contributed by atoms with Crippen LogP contribution in [-0.4, -0.2) is 157 Å².